The van der Waals surface area contributed by atoms with Gasteiger partial charge in [-0.25, -0.2) is 0 Å². The molecule has 0 atom stereocenters. The highest BCUT2D eigenvalue weighted by Gasteiger charge is 2.52. The summed E-state index contributed by atoms with van der Waals surface area (Å²) in [5, 5.41) is 0. The Morgan fingerprint density at radius 3 is 1.00 bits per heavy atom. The van der Waals surface area contributed by atoms with E-state index < -0.39 is 0 Å². The van der Waals surface area contributed by atoms with Crippen LogP contribution in [-0.4, -0.2) is 36.6 Å². The molecule has 2 aromatic rings. The molecule has 4 rings (SSSR count). The van der Waals surface area contributed by atoms with Crippen LogP contribution in [-0.2, 0) is 18.6 Å². The molecule has 0 amide bonds. The van der Waals surface area contributed by atoms with Gasteiger partial charge in [0.15, 0.2) is 0 Å². The lowest BCUT2D eigenvalue weighted by Gasteiger charge is -2.32. The maximum absolute atomic E-state index is 6.11. The van der Waals surface area contributed by atoms with Gasteiger partial charge in [0.2, 0.25) is 0 Å². The van der Waals surface area contributed by atoms with Crippen molar-refractivity contribution in [3.63, 3.8) is 0 Å². The Bertz CT molecular complexity index is 826. The van der Waals surface area contributed by atoms with Gasteiger partial charge in [0.05, 0.1) is 22.4 Å². The first-order valence-corrected chi connectivity index (χ1v) is 10.9. The third-order valence-electron chi connectivity index (χ3n) is 7.05. The van der Waals surface area contributed by atoms with Gasteiger partial charge in [0, 0.05) is 0 Å². The molecule has 0 saturated carbocycles. The second-order valence-corrected chi connectivity index (χ2v) is 10.4. The van der Waals surface area contributed by atoms with Crippen molar-refractivity contribution in [1.29, 1.82) is 0 Å². The van der Waals surface area contributed by atoms with Gasteiger partial charge in [-0.3, -0.25) is 0 Å². The average molecular weight is 422 g/mol. The minimum atomic E-state index is -0.377. The molecule has 31 heavy (non-hydrogen) atoms. The van der Waals surface area contributed by atoms with Crippen LogP contribution in [0.5, 0.6) is 11.5 Å². The predicted molar refractivity (Wildman–Crippen MR) is 124 cm³/mol. The van der Waals surface area contributed by atoms with Gasteiger partial charge in [-0.2, -0.15) is 0 Å². The van der Waals surface area contributed by atoms with E-state index in [0.717, 1.165) is 22.4 Å². The molecule has 0 spiro atoms. The summed E-state index contributed by atoms with van der Waals surface area (Å²) in [5.41, 5.74) is 0.527. The lowest BCUT2D eigenvalue weighted by molar-refractivity contribution is 0.00578. The Hall–Kier alpha value is -1.79. The Morgan fingerprint density at radius 1 is 0.484 bits per heavy atom. The van der Waals surface area contributed by atoms with E-state index in [9.17, 15) is 0 Å². The van der Waals surface area contributed by atoms with E-state index in [0.29, 0.717) is 0 Å². The molecule has 7 heteroatoms. The highest BCUT2D eigenvalue weighted by atomic mass is 16.7. The summed E-state index contributed by atoms with van der Waals surface area (Å²) in [7, 11) is -0.753. The standard InChI is InChI=1S/C24H32B2O5/c1-21(2)22(3,4)29-25(28-21)17-9-13-19(14-10-17)27-20-15-11-18(12-16-20)26-30-23(5,6)24(7,8)31-26/h9-16H,1-8H3. The second kappa shape index (κ2) is 7.38. The fraction of sp³-hybridized carbons (Fsp3) is 0.500. The molecule has 0 bridgehead atoms. The Morgan fingerprint density at radius 2 is 0.742 bits per heavy atom. The van der Waals surface area contributed by atoms with E-state index in [1.807, 2.05) is 48.5 Å². The van der Waals surface area contributed by atoms with E-state index >= 15 is 0 Å². The van der Waals surface area contributed by atoms with Crippen molar-refractivity contribution in [1.82, 2.24) is 0 Å². The van der Waals surface area contributed by atoms with Crippen molar-refractivity contribution < 1.29 is 23.4 Å². The minimum Gasteiger partial charge on any atom is -0.457 e. The van der Waals surface area contributed by atoms with E-state index in [4.69, 9.17) is 23.4 Å². The van der Waals surface area contributed by atoms with Crippen LogP contribution in [0.2, 0.25) is 0 Å². The number of ether oxygens (including phenoxy) is 1. The zero-order valence-corrected chi connectivity index (χ0v) is 19.8. The molecule has 0 aromatic heterocycles. The van der Waals surface area contributed by atoms with Crippen LogP contribution in [0.25, 0.3) is 0 Å². The summed E-state index contributed by atoms with van der Waals surface area (Å²) >= 11 is 0. The lowest BCUT2D eigenvalue weighted by Crippen LogP contribution is -2.41. The van der Waals surface area contributed by atoms with E-state index in [-0.39, 0.29) is 36.6 Å². The third kappa shape index (κ3) is 4.17. The molecule has 0 unspecified atom stereocenters. The van der Waals surface area contributed by atoms with E-state index in [2.05, 4.69) is 55.4 Å². The largest absolute Gasteiger partial charge is 0.494 e. The van der Waals surface area contributed by atoms with E-state index in [1.165, 1.54) is 0 Å². The van der Waals surface area contributed by atoms with Crippen molar-refractivity contribution in [2.24, 2.45) is 0 Å². The first kappa shape index (κ1) is 22.4. The third-order valence-corrected chi connectivity index (χ3v) is 7.05. The van der Waals surface area contributed by atoms with Gasteiger partial charge in [-0.05, 0) is 90.6 Å². The maximum atomic E-state index is 6.11. The molecular formula is C24H32B2O5. The summed E-state index contributed by atoms with van der Waals surface area (Å²) in [4.78, 5) is 0. The van der Waals surface area contributed by atoms with Gasteiger partial charge in [-0.1, -0.05) is 24.3 Å². The monoisotopic (exact) mass is 422 g/mol. The summed E-state index contributed by atoms with van der Waals surface area (Å²) in [6.07, 6.45) is 0. The van der Waals surface area contributed by atoms with Gasteiger partial charge in [0.25, 0.3) is 0 Å². The molecule has 2 saturated heterocycles. The Labute approximate surface area is 186 Å². The zero-order valence-electron chi connectivity index (χ0n) is 19.8. The fourth-order valence-corrected chi connectivity index (χ4v) is 3.48. The zero-order chi connectivity index (χ0) is 22.7. The normalized spacial score (nSPS) is 23.2. The van der Waals surface area contributed by atoms with Crippen LogP contribution in [0.15, 0.2) is 48.5 Å². The van der Waals surface area contributed by atoms with Crippen LogP contribution in [0.1, 0.15) is 55.4 Å². The van der Waals surface area contributed by atoms with Crippen LogP contribution < -0.4 is 15.7 Å². The highest BCUT2D eigenvalue weighted by molar-refractivity contribution is 6.62. The molecule has 2 aliphatic heterocycles. The summed E-state index contributed by atoms with van der Waals surface area (Å²) in [6, 6.07) is 15.7. The first-order chi connectivity index (χ1) is 14.3. The summed E-state index contributed by atoms with van der Waals surface area (Å²) < 4.78 is 30.5. The van der Waals surface area contributed by atoms with Crippen molar-refractivity contribution in [3.05, 3.63) is 48.5 Å². The quantitative estimate of drug-likeness (QED) is 0.696. The Kier molecular flexibility index (Phi) is 5.33. The van der Waals surface area contributed by atoms with Crippen LogP contribution in [0.4, 0.5) is 0 Å². The van der Waals surface area contributed by atoms with E-state index in [1.54, 1.807) is 0 Å². The predicted octanol–water partition coefficient (Wildman–Crippen LogP) is 4.08. The highest BCUT2D eigenvalue weighted by Crippen LogP contribution is 2.37. The molecule has 2 aliphatic rings. The minimum absolute atomic E-state index is 0.355. The summed E-state index contributed by atoms with van der Waals surface area (Å²) in [6.45, 7) is 16.4. The van der Waals surface area contributed by atoms with Crippen molar-refractivity contribution >= 4 is 25.2 Å². The molecule has 164 valence electrons. The number of hydrogen-bond donors (Lipinski definition) is 0. The number of hydrogen-bond acceptors (Lipinski definition) is 5. The van der Waals surface area contributed by atoms with Crippen LogP contribution in [0, 0.1) is 0 Å². The molecule has 0 radical (unpaired) electrons. The number of rotatable bonds is 4. The van der Waals surface area contributed by atoms with Gasteiger partial charge < -0.3 is 23.4 Å². The van der Waals surface area contributed by atoms with Gasteiger partial charge in [0.1, 0.15) is 11.5 Å². The molecular weight excluding hydrogens is 390 g/mol. The van der Waals surface area contributed by atoms with Crippen molar-refractivity contribution in [2.45, 2.75) is 77.8 Å². The molecule has 5 nitrogen and oxygen atoms in total. The van der Waals surface area contributed by atoms with Gasteiger partial charge >= 0.3 is 14.2 Å². The summed E-state index contributed by atoms with van der Waals surface area (Å²) in [5.74, 6) is 1.51. The fourth-order valence-electron chi connectivity index (χ4n) is 3.48. The lowest BCUT2D eigenvalue weighted by atomic mass is 9.79. The SMILES string of the molecule is CC1(C)OB(c2ccc(Oc3ccc(B4OC(C)(C)C(C)(C)O4)cc3)cc2)OC1(C)C. The molecule has 2 aromatic carbocycles. The second-order valence-electron chi connectivity index (χ2n) is 10.4. The molecule has 2 heterocycles. The van der Waals surface area contributed by atoms with Crippen molar-refractivity contribution in [3.8, 4) is 11.5 Å². The smallest absolute Gasteiger partial charge is 0.457 e. The maximum Gasteiger partial charge on any atom is 0.494 e. The van der Waals surface area contributed by atoms with Crippen LogP contribution >= 0.6 is 0 Å². The Balaban J connectivity index is 1.40. The number of benzene rings is 2. The van der Waals surface area contributed by atoms with Crippen molar-refractivity contribution in [2.75, 3.05) is 0 Å². The first-order valence-electron chi connectivity index (χ1n) is 10.9. The van der Waals surface area contributed by atoms with Gasteiger partial charge in [-0.15, -0.1) is 0 Å². The molecule has 0 aliphatic carbocycles. The topological polar surface area (TPSA) is 46.2 Å². The average Bonchev–Trinajstić information content (AvgIpc) is 3.02. The van der Waals surface area contributed by atoms with Crippen LogP contribution in [0.3, 0.4) is 0 Å². The molecule has 2 fully saturated rings. The molecule has 0 N–H and O–H groups in total.